The molecule has 4 heterocycles. The molecule has 3 aromatic rings. The summed E-state index contributed by atoms with van der Waals surface area (Å²) in [6, 6.07) is 7.16. The Hall–Kier alpha value is -3.12. The molecule has 1 N–H and O–H groups in total. The first-order valence-electron chi connectivity index (χ1n) is 11.9. The highest BCUT2D eigenvalue weighted by molar-refractivity contribution is 7.22. The number of aromatic nitrogens is 2. The van der Waals surface area contributed by atoms with Gasteiger partial charge in [-0.2, -0.15) is 0 Å². The number of hydrogen-bond donors (Lipinski definition) is 1. The lowest BCUT2D eigenvalue weighted by molar-refractivity contribution is -0.128. The number of thiazole rings is 1. The average Bonchev–Trinajstić information content (AvgIpc) is 3.52. The zero-order valence-corrected chi connectivity index (χ0v) is 20.8. The van der Waals surface area contributed by atoms with E-state index in [-0.39, 0.29) is 24.5 Å². The van der Waals surface area contributed by atoms with Crippen LogP contribution >= 0.6 is 11.3 Å². The Labute approximate surface area is 212 Å². The number of fused-ring (bicyclic) bond motifs is 1. The topological polar surface area (TPSA) is 112 Å². The summed E-state index contributed by atoms with van der Waals surface area (Å²) in [5.41, 5.74) is 2.72. The first kappa shape index (κ1) is 24.6. The molecule has 2 aliphatic rings. The van der Waals surface area contributed by atoms with Crippen molar-refractivity contribution in [1.82, 2.24) is 14.9 Å². The number of carbonyl (C=O) groups is 2. The lowest BCUT2D eigenvalue weighted by Gasteiger charge is -2.23. The van der Waals surface area contributed by atoms with Gasteiger partial charge in [0.15, 0.2) is 5.13 Å². The third-order valence-corrected chi connectivity index (χ3v) is 7.17. The van der Waals surface area contributed by atoms with Gasteiger partial charge in [-0.25, -0.2) is 4.98 Å². The van der Waals surface area contributed by atoms with Gasteiger partial charge in [0.05, 0.1) is 50.5 Å². The minimum atomic E-state index is -0.293. The van der Waals surface area contributed by atoms with Crippen molar-refractivity contribution >= 4 is 38.5 Å². The molecule has 0 aliphatic carbocycles. The van der Waals surface area contributed by atoms with Crippen LogP contribution in [0.4, 0.5) is 5.13 Å². The summed E-state index contributed by atoms with van der Waals surface area (Å²) < 4.78 is 23.5. The van der Waals surface area contributed by atoms with Crippen LogP contribution in [0.25, 0.3) is 10.2 Å². The molecule has 2 aliphatic heterocycles. The van der Waals surface area contributed by atoms with Gasteiger partial charge >= 0.3 is 0 Å². The van der Waals surface area contributed by atoms with E-state index in [2.05, 4.69) is 15.3 Å². The van der Waals surface area contributed by atoms with E-state index in [1.54, 1.807) is 25.4 Å². The highest BCUT2D eigenvalue weighted by atomic mass is 32.1. The number of anilines is 1. The third-order valence-electron chi connectivity index (χ3n) is 6.15. The minimum absolute atomic E-state index is 0.176. The molecule has 10 nitrogen and oxygen atoms in total. The van der Waals surface area contributed by atoms with Crippen LogP contribution in [0.5, 0.6) is 5.75 Å². The molecule has 1 aromatic carbocycles. The standard InChI is InChI=1S/C25H28N4O6S/c1-32-19-5-4-18(20-15-34-11-12-35-20)23-22(19)27-25(36-23)28-24(31)16-6-7-26-17(13-16)14-33-10-9-29-8-2-3-21(29)30/h4-7,13,20H,2-3,8-12,14-15H2,1H3,(H,27,28,31). The van der Waals surface area contributed by atoms with Gasteiger partial charge in [-0.3, -0.25) is 19.9 Å². The molecule has 5 rings (SSSR count). The van der Waals surface area contributed by atoms with Gasteiger partial charge in [0.2, 0.25) is 5.91 Å². The minimum Gasteiger partial charge on any atom is -0.494 e. The maximum atomic E-state index is 13.0. The summed E-state index contributed by atoms with van der Waals surface area (Å²) in [6.45, 7) is 3.62. The normalized spacial score (nSPS) is 18.1. The van der Waals surface area contributed by atoms with E-state index in [0.29, 0.717) is 67.0 Å². The van der Waals surface area contributed by atoms with Crippen molar-refractivity contribution in [3.8, 4) is 5.75 Å². The fraction of sp³-hybridized carbons (Fsp3) is 0.440. The van der Waals surface area contributed by atoms with Crippen LogP contribution in [0.2, 0.25) is 0 Å². The molecular formula is C25H28N4O6S. The van der Waals surface area contributed by atoms with E-state index in [1.165, 1.54) is 11.3 Å². The summed E-state index contributed by atoms with van der Waals surface area (Å²) >= 11 is 1.37. The number of rotatable bonds is 9. The smallest absolute Gasteiger partial charge is 0.257 e. The fourth-order valence-corrected chi connectivity index (χ4v) is 5.34. The van der Waals surface area contributed by atoms with Crippen molar-refractivity contribution in [3.63, 3.8) is 0 Å². The number of methoxy groups -OCH3 is 1. The van der Waals surface area contributed by atoms with Gasteiger partial charge in [-0.05, 0) is 24.6 Å². The molecule has 11 heteroatoms. The first-order chi connectivity index (χ1) is 17.6. The summed E-state index contributed by atoms with van der Waals surface area (Å²) in [4.78, 5) is 35.4. The molecule has 190 valence electrons. The van der Waals surface area contributed by atoms with E-state index in [4.69, 9.17) is 18.9 Å². The number of amides is 2. The second kappa shape index (κ2) is 11.3. The van der Waals surface area contributed by atoms with Gasteiger partial charge in [0.25, 0.3) is 5.91 Å². The van der Waals surface area contributed by atoms with Crippen molar-refractivity contribution in [2.24, 2.45) is 0 Å². The largest absolute Gasteiger partial charge is 0.494 e. The molecule has 0 saturated carbocycles. The fourth-order valence-electron chi connectivity index (χ4n) is 4.30. The molecule has 0 radical (unpaired) electrons. The summed E-state index contributed by atoms with van der Waals surface area (Å²) in [5.74, 6) is 0.508. The second-order valence-electron chi connectivity index (χ2n) is 8.52. The first-order valence-corrected chi connectivity index (χ1v) is 12.7. The van der Waals surface area contributed by atoms with Gasteiger partial charge in [-0.1, -0.05) is 17.4 Å². The molecule has 36 heavy (non-hydrogen) atoms. The number of nitrogens with one attached hydrogen (secondary N) is 1. The quantitative estimate of drug-likeness (QED) is 0.435. The SMILES string of the molecule is COc1ccc(C2COCCO2)c2sc(NC(=O)c3ccnc(COCCN4CCCC4=O)c3)nc12. The summed E-state index contributed by atoms with van der Waals surface area (Å²) in [6.07, 6.45) is 2.91. The van der Waals surface area contributed by atoms with E-state index in [9.17, 15) is 9.59 Å². The van der Waals surface area contributed by atoms with Gasteiger partial charge in [-0.15, -0.1) is 0 Å². The molecular weight excluding hydrogens is 484 g/mol. The zero-order chi connectivity index (χ0) is 24.9. The molecule has 2 fully saturated rings. The number of hydrogen-bond acceptors (Lipinski definition) is 9. The molecule has 0 spiro atoms. The van der Waals surface area contributed by atoms with Crippen molar-refractivity contribution in [3.05, 3.63) is 47.3 Å². The van der Waals surface area contributed by atoms with E-state index in [1.807, 2.05) is 17.0 Å². The Balaban J connectivity index is 1.25. The number of carbonyl (C=O) groups excluding carboxylic acids is 2. The molecule has 1 atom stereocenters. The lowest BCUT2D eigenvalue weighted by Crippen LogP contribution is -2.28. The van der Waals surface area contributed by atoms with Crippen molar-refractivity contribution in [2.75, 3.05) is 51.9 Å². The van der Waals surface area contributed by atoms with Gasteiger partial charge in [0.1, 0.15) is 17.4 Å². The molecule has 2 saturated heterocycles. The van der Waals surface area contributed by atoms with Crippen LogP contribution in [0, 0.1) is 0 Å². The van der Waals surface area contributed by atoms with E-state index >= 15 is 0 Å². The van der Waals surface area contributed by atoms with Crippen LogP contribution in [-0.4, -0.2) is 73.3 Å². The van der Waals surface area contributed by atoms with Gasteiger partial charge in [0, 0.05) is 36.8 Å². The van der Waals surface area contributed by atoms with Crippen LogP contribution in [0.15, 0.2) is 30.5 Å². The number of ether oxygens (including phenoxy) is 4. The van der Waals surface area contributed by atoms with Crippen LogP contribution < -0.4 is 10.1 Å². The van der Waals surface area contributed by atoms with E-state index < -0.39 is 0 Å². The van der Waals surface area contributed by atoms with Crippen molar-refractivity contribution < 1.29 is 28.5 Å². The maximum Gasteiger partial charge on any atom is 0.257 e. The number of pyridine rings is 1. The molecule has 0 bridgehead atoms. The Morgan fingerprint density at radius 1 is 1.31 bits per heavy atom. The van der Waals surface area contributed by atoms with Crippen LogP contribution in [0.3, 0.4) is 0 Å². The monoisotopic (exact) mass is 512 g/mol. The average molecular weight is 513 g/mol. The zero-order valence-electron chi connectivity index (χ0n) is 20.0. The van der Waals surface area contributed by atoms with Crippen molar-refractivity contribution in [2.45, 2.75) is 25.6 Å². The summed E-state index contributed by atoms with van der Waals surface area (Å²) in [7, 11) is 1.59. The van der Waals surface area contributed by atoms with Gasteiger partial charge < -0.3 is 23.8 Å². The Morgan fingerprint density at radius 2 is 2.22 bits per heavy atom. The Morgan fingerprint density at radius 3 is 3.00 bits per heavy atom. The lowest BCUT2D eigenvalue weighted by atomic mass is 10.1. The molecule has 2 aromatic heterocycles. The van der Waals surface area contributed by atoms with E-state index in [0.717, 1.165) is 23.2 Å². The maximum absolute atomic E-state index is 13.0. The Bertz CT molecular complexity index is 1240. The van der Waals surface area contributed by atoms with Crippen LogP contribution in [-0.2, 0) is 25.6 Å². The van der Waals surface area contributed by atoms with Crippen molar-refractivity contribution in [1.29, 1.82) is 0 Å². The second-order valence-corrected chi connectivity index (χ2v) is 9.51. The Kier molecular flexibility index (Phi) is 7.71. The predicted octanol–water partition coefficient (Wildman–Crippen LogP) is 3.18. The highest BCUT2D eigenvalue weighted by Crippen LogP contribution is 2.39. The van der Waals surface area contributed by atoms with Crippen LogP contribution in [0.1, 0.15) is 40.6 Å². The summed E-state index contributed by atoms with van der Waals surface area (Å²) in [5, 5.41) is 3.35. The number of benzene rings is 1. The molecule has 2 amide bonds. The third kappa shape index (κ3) is 5.49. The predicted molar refractivity (Wildman–Crippen MR) is 133 cm³/mol. The number of nitrogens with zero attached hydrogens (tertiary/aromatic N) is 3. The highest BCUT2D eigenvalue weighted by Gasteiger charge is 2.23. The molecule has 1 unspecified atom stereocenters. The number of likely N-dealkylation sites (tertiary alicyclic amines) is 1.